The van der Waals surface area contributed by atoms with Crippen molar-refractivity contribution >= 4 is 0 Å². The SMILES string of the molecule is CO[C@H]1C[C@@H](OCCO[C@H]2C[C@H](OC)CN(C)C2)CN(C)C1. The summed E-state index contributed by atoms with van der Waals surface area (Å²) in [7, 11) is 7.77. The zero-order chi connectivity index (χ0) is 15.9. The summed E-state index contributed by atoms with van der Waals surface area (Å²) in [6.45, 7) is 5.20. The van der Waals surface area contributed by atoms with E-state index in [9.17, 15) is 0 Å². The van der Waals surface area contributed by atoms with Crippen LogP contribution in [0.2, 0.25) is 0 Å². The van der Waals surface area contributed by atoms with Crippen LogP contribution >= 0.6 is 0 Å². The molecule has 6 heteroatoms. The number of ether oxygens (including phenoxy) is 4. The normalized spacial score (nSPS) is 34.9. The van der Waals surface area contributed by atoms with Gasteiger partial charge in [-0.25, -0.2) is 0 Å². The Morgan fingerprint density at radius 3 is 1.41 bits per heavy atom. The molecule has 2 fully saturated rings. The highest BCUT2D eigenvalue weighted by atomic mass is 16.5. The molecule has 0 aliphatic carbocycles. The minimum atomic E-state index is 0.244. The first-order chi connectivity index (χ1) is 10.6. The quantitative estimate of drug-likeness (QED) is 0.636. The molecule has 0 aromatic heterocycles. The fraction of sp³-hybridized carbons (Fsp3) is 1.00. The van der Waals surface area contributed by atoms with E-state index in [-0.39, 0.29) is 24.4 Å². The van der Waals surface area contributed by atoms with Gasteiger partial charge in [0.2, 0.25) is 0 Å². The van der Waals surface area contributed by atoms with Gasteiger partial charge in [0.15, 0.2) is 0 Å². The molecule has 2 rings (SSSR count). The molecule has 0 aromatic rings. The smallest absolute Gasteiger partial charge is 0.0728 e. The van der Waals surface area contributed by atoms with Crippen LogP contribution in [0.5, 0.6) is 0 Å². The highest BCUT2D eigenvalue weighted by Crippen LogP contribution is 2.16. The fourth-order valence-electron chi connectivity index (χ4n) is 3.44. The minimum absolute atomic E-state index is 0.244. The predicted molar refractivity (Wildman–Crippen MR) is 85.3 cm³/mol. The van der Waals surface area contributed by atoms with Crippen LogP contribution in [0.1, 0.15) is 12.8 Å². The van der Waals surface area contributed by atoms with Crippen LogP contribution in [0.3, 0.4) is 0 Å². The van der Waals surface area contributed by atoms with Gasteiger partial charge in [-0.15, -0.1) is 0 Å². The van der Waals surface area contributed by atoms with E-state index >= 15 is 0 Å². The van der Waals surface area contributed by atoms with Gasteiger partial charge in [-0.05, 0) is 14.1 Å². The van der Waals surface area contributed by atoms with Gasteiger partial charge >= 0.3 is 0 Å². The molecule has 2 aliphatic rings. The van der Waals surface area contributed by atoms with Gasteiger partial charge in [0, 0.05) is 53.2 Å². The number of methoxy groups -OCH3 is 2. The van der Waals surface area contributed by atoms with Crippen LogP contribution in [0, 0.1) is 0 Å². The Balaban J connectivity index is 1.62. The molecular weight excluding hydrogens is 284 g/mol. The van der Waals surface area contributed by atoms with Gasteiger partial charge in [-0.3, -0.25) is 0 Å². The highest BCUT2D eigenvalue weighted by Gasteiger charge is 2.27. The Kier molecular flexibility index (Phi) is 7.53. The second-order valence-corrected chi connectivity index (χ2v) is 6.61. The van der Waals surface area contributed by atoms with Crippen molar-refractivity contribution in [2.75, 3.05) is 67.7 Å². The average molecular weight is 316 g/mol. The number of nitrogens with zero attached hydrogens (tertiary/aromatic N) is 2. The monoisotopic (exact) mass is 316 g/mol. The van der Waals surface area contributed by atoms with Crippen LogP contribution in [-0.4, -0.2) is 102 Å². The third-order valence-electron chi connectivity index (χ3n) is 4.57. The maximum absolute atomic E-state index is 5.96. The van der Waals surface area contributed by atoms with Gasteiger partial charge in [0.25, 0.3) is 0 Å². The van der Waals surface area contributed by atoms with Crippen molar-refractivity contribution in [1.29, 1.82) is 0 Å². The van der Waals surface area contributed by atoms with Crippen LogP contribution in [-0.2, 0) is 18.9 Å². The first kappa shape index (κ1) is 18.1. The summed E-state index contributed by atoms with van der Waals surface area (Å²) in [5.74, 6) is 0. The fourth-order valence-corrected chi connectivity index (χ4v) is 3.44. The summed E-state index contributed by atoms with van der Waals surface area (Å²) in [6.07, 6.45) is 2.98. The summed E-state index contributed by atoms with van der Waals surface area (Å²) in [4.78, 5) is 4.53. The second-order valence-electron chi connectivity index (χ2n) is 6.61. The molecule has 0 unspecified atom stereocenters. The number of likely N-dealkylation sites (N-methyl/N-ethyl adjacent to an activating group) is 2. The molecule has 22 heavy (non-hydrogen) atoms. The molecule has 2 saturated heterocycles. The largest absolute Gasteiger partial charge is 0.380 e. The molecule has 130 valence electrons. The van der Waals surface area contributed by atoms with E-state index in [1.54, 1.807) is 14.2 Å². The standard InChI is InChI=1S/C16H32N2O4/c1-17-9-13(19-3)7-15(11-17)21-5-6-22-16-8-14(20-4)10-18(2)12-16/h13-16H,5-12H2,1-4H3/t13-,14-,15-,16+/m0/s1. The molecule has 0 saturated carbocycles. The Morgan fingerprint density at radius 1 is 0.682 bits per heavy atom. The van der Waals surface area contributed by atoms with Crippen molar-refractivity contribution in [3.8, 4) is 0 Å². The van der Waals surface area contributed by atoms with Crippen molar-refractivity contribution in [2.24, 2.45) is 0 Å². The molecule has 0 spiro atoms. The van der Waals surface area contributed by atoms with Gasteiger partial charge in [-0.1, -0.05) is 0 Å². The van der Waals surface area contributed by atoms with E-state index in [2.05, 4.69) is 23.9 Å². The van der Waals surface area contributed by atoms with E-state index in [0.29, 0.717) is 13.2 Å². The summed E-state index contributed by atoms with van der Waals surface area (Å²) >= 11 is 0. The van der Waals surface area contributed by atoms with Crippen molar-refractivity contribution in [3.63, 3.8) is 0 Å². The topological polar surface area (TPSA) is 43.4 Å². The van der Waals surface area contributed by atoms with Crippen molar-refractivity contribution in [1.82, 2.24) is 9.80 Å². The Bertz CT molecular complexity index is 289. The zero-order valence-electron chi connectivity index (χ0n) is 14.5. The number of hydrogen-bond donors (Lipinski definition) is 0. The molecule has 2 aliphatic heterocycles. The van der Waals surface area contributed by atoms with Gasteiger partial charge in [0.1, 0.15) is 0 Å². The molecule has 0 aromatic carbocycles. The lowest BCUT2D eigenvalue weighted by Crippen LogP contribution is -2.46. The van der Waals surface area contributed by atoms with E-state index in [1.165, 1.54) is 0 Å². The number of hydrogen-bond acceptors (Lipinski definition) is 6. The predicted octanol–water partition coefficient (Wildman–Crippen LogP) is 0.458. The summed E-state index contributed by atoms with van der Waals surface area (Å²) in [5, 5.41) is 0. The molecule has 0 bridgehead atoms. The number of rotatable bonds is 7. The first-order valence-corrected chi connectivity index (χ1v) is 8.26. The summed E-state index contributed by atoms with van der Waals surface area (Å²) in [6, 6.07) is 0. The lowest BCUT2D eigenvalue weighted by Gasteiger charge is -2.36. The Hall–Kier alpha value is -0.240. The van der Waals surface area contributed by atoms with E-state index in [1.807, 2.05) is 0 Å². The first-order valence-electron chi connectivity index (χ1n) is 8.26. The van der Waals surface area contributed by atoms with Crippen LogP contribution in [0.25, 0.3) is 0 Å². The Labute approximate surface area is 134 Å². The molecule has 6 nitrogen and oxygen atoms in total. The van der Waals surface area contributed by atoms with E-state index in [4.69, 9.17) is 18.9 Å². The molecule has 0 amide bonds. The molecule has 0 N–H and O–H groups in total. The van der Waals surface area contributed by atoms with Crippen LogP contribution in [0.4, 0.5) is 0 Å². The summed E-state index contributed by atoms with van der Waals surface area (Å²) < 4.78 is 22.8. The lowest BCUT2D eigenvalue weighted by molar-refractivity contribution is -0.0920. The van der Waals surface area contributed by atoms with Crippen molar-refractivity contribution in [2.45, 2.75) is 37.3 Å². The van der Waals surface area contributed by atoms with Crippen LogP contribution < -0.4 is 0 Å². The number of likely N-dealkylation sites (tertiary alicyclic amines) is 2. The van der Waals surface area contributed by atoms with Gasteiger partial charge in [-0.2, -0.15) is 0 Å². The third kappa shape index (κ3) is 5.76. The van der Waals surface area contributed by atoms with Crippen molar-refractivity contribution < 1.29 is 18.9 Å². The lowest BCUT2D eigenvalue weighted by atomic mass is 10.1. The van der Waals surface area contributed by atoms with Crippen molar-refractivity contribution in [3.05, 3.63) is 0 Å². The van der Waals surface area contributed by atoms with Gasteiger partial charge in [0.05, 0.1) is 37.6 Å². The Morgan fingerprint density at radius 2 is 1.05 bits per heavy atom. The third-order valence-corrected chi connectivity index (χ3v) is 4.57. The zero-order valence-corrected chi connectivity index (χ0v) is 14.5. The molecule has 2 heterocycles. The second kappa shape index (κ2) is 9.15. The minimum Gasteiger partial charge on any atom is -0.380 e. The average Bonchev–Trinajstić information content (AvgIpc) is 2.50. The van der Waals surface area contributed by atoms with Gasteiger partial charge < -0.3 is 28.7 Å². The van der Waals surface area contributed by atoms with E-state index in [0.717, 1.165) is 39.0 Å². The summed E-state index contributed by atoms with van der Waals surface area (Å²) in [5.41, 5.74) is 0. The maximum Gasteiger partial charge on any atom is 0.0728 e. The maximum atomic E-state index is 5.96. The van der Waals surface area contributed by atoms with E-state index < -0.39 is 0 Å². The number of piperidine rings is 2. The molecular formula is C16H32N2O4. The van der Waals surface area contributed by atoms with Crippen LogP contribution in [0.15, 0.2) is 0 Å². The molecule has 4 atom stereocenters. The molecule has 0 radical (unpaired) electrons. The highest BCUT2D eigenvalue weighted by molar-refractivity contribution is 4.79.